The molecular weight excluding hydrogens is 346 g/mol. The second-order valence-electron chi connectivity index (χ2n) is 4.04. The third kappa shape index (κ3) is 4.13. The highest BCUT2D eigenvalue weighted by Gasteiger charge is 2.07. The third-order valence-electron chi connectivity index (χ3n) is 2.49. The van der Waals surface area contributed by atoms with E-state index in [1.807, 2.05) is 0 Å². The summed E-state index contributed by atoms with van der Waals surface area (Å²) >= 11 is 3.01. The average molecular weight is 355 g/mol. The van der Waals surface area contributed by atoms with Crippen LogP contribution in [-0.2, 0) is 4.79 Å². The highest BCUT2D eigenvalue weighted by Crippen LogP contribution is 2.28. The summed E-state index contributed by atoms with van der Waals surface area (Å²) in [4.78, 5) is 10.4. The molecule has 0 atom stereocenters. The van der Waals surface area contributed by atoms with Crippen LogP contribution < -0.4 is 4.74 Å². The molecule has 0 amide bonds. The molecule has 0 aromatic heterocycles. The number of carbonyl (C=O) groups is 1. The predicted molar refractivity (Wildman–Crippen MR) is 77.2 cm³/mol. The fraction of sp³-hybridized carbons (Fsp3) is 0. The zero-order chi connectivity index (χ0) is 15.4. The van der Waals surface area contributed by atoms with Crippen molar-refractivity contribution in [1.29, 1.82) is 0 Å². The molecule has 2 rings (SSSR count). The number of hydrogen-bond donors (Lipinski definition) is 1. The Balaban J connectivity index is 2.21. The van der Waals surface area contributed by atoms with Gasteiger partial charge in [0.1, 0.15) is 11.6 Å². The van der Waals surface area contributed by atoms with Crippen molar-refractivity contribution >= 4 is 28.0 Å². The number of carboxylic acids is 1. The molecule has 1 N–H and O–H groups in total. The van der Waals surface area contributed by atoms with Crippen LogP contribution >= 0.6 is 15.9 Å². The van der Waals surface area contributed by atoms with Crippen molar-refractivity contribution in [2.24, 2.45) is 0 Å². The van der Waals surface area contributed by atoms with Gasteiger partial charge in [0, 0.05) is 6.08 Å². The van der Waals surface area contributed by atoms with Crippen molar-refractivity contribution in [3.05, 3.63) is 64.1 Å². The highest BCUT2D eigenvalue weighted by molar-refractivity contribution is 9.10. The summed E-state index contributed by atoms with van der Waals surface area (Å²) in [6.07, 6.45) is 2.18. The van der Waals surface area contributed by atoms with Gasteiger partial charge in [0.05, 0.1) is 4.47 Å². The number of aliphatic carboxylic acids is 1. The van der Waals surface area contributed by atoms with Gasteiger partial charge in [0.2, 0.25) is 0 Å². The Hall–Kier alpha value is -2.21. The molecule has 6 heteroatoms. The summed E-state index contributed by atoms with van der Waals surface area (Å²) in [5.41, 5.74) is 0.391. The zero-order valence-electron chi connectivity index (χ0n) is 10.5. The van der Waals surface area contributed by atoms with Crippen molar-refractivity contribution in [2.45, 2.75) is 0 Å². The van der Waals surface area contributed by atoms with Gasteiger partial charge in [-0.1, -0.05) is 6.07 Å². The second-order valence-corrected chi connectivity index (χ2v) is 4.89. The lowest BCUT2D eigenvalue weighted by molar-refractivity contribution is -0.131. The summed E-state index contributed by atoms with van der Waals surface area (Å²) in [6, 6.07) is 7.98. The van der Waals surface area contributed by atoms with Gasteiger partial charge in [-0.2, -0.15) is 0 Å². The van der Waals surface area contributed by atoms with Crippen LogP contribution in [0.25, 0.3) is 6.08 Å². The maximum Gasteiger partial charge on any atom is 0.328 e. The fourth-order valence-electron chi connectivity index (χ4n) is 1.54. The fourth-order valence-corrected chi connectivity index (χ4v) is 1.90. The molecule has 0 spiro atoms. The van der Waals surface area contributed by atoms with Gasteiger partial charge in [-0.05, 0) is 57.9 Å². The second kappa shape index (κ2) is 6.49. The third-order valence-corrected chi connectivity index (χ3v) is 3.10. The number of benzene rings is 2. The Morgan fingerprint density at radius 1 is 1.14 bits per heavy atom. The minimum absolute atomic E-state index is 0.0408. The molecule has 0 aliphatic carbocycles. The molecule has 0 saturated heterocycles. The number of rotatable bonds is 4. The van der Waals surface area contributed by atoms with Crippen molar-refractivity contribution in [3.63, 3.8) is 0 Å². The molecule has 0 aliphatic heterocycles. The van der Waals surface area contributed by atoms with Crippen LogP contribution in [0.4, 0.5) is 8.78 Å². The smallest absolute Gasteiger partial charge is 0.328 e. The van der Waals surface area contributed by atoms with Gasteiger partial charge in [-0.3, -0.25) is 0 Å². The summed E-state index contributed by atoms with van der Waals surface area (Å²) in [5.74, 6) is -1.98. The number of halogens is 3. The van der Waals surface area contributed by atoms with E-state index in [9.17, 15) is 13.6 Å². The molecule has 0 heterocycles. The van der Waals surface area contributed by atoms with E-state index in [0.717, 1.165) is 12.1 Å². The van der Waals surface area contributed by atoms with Crippen LogP contribution in [0.1, 0.15) is 5.56 Å². The molecule has 108 valence electrons. The van der Waals surface area contributed by atoms with Gasteiger partial charge in [0.15, 0.2) is 11.6 Å². The molecule has 0 aliphatic rings. The molecule has 0 fully saturated rings. The average Bonchev–Trinajstić information content (AvgIpc) is 2.43. The number of carboxylic acid groups (broad SMARTS) is 1. The summed E-state index contributed by atoms with van der Waals surface area (Å²) in [6.45, 7) is 0. The summed E-state index contributed by atoms with van der Waals surface area (Å²) in [5, 5.41) is 8.50. The van der Waals surface area contributed by atoms with E-state index in [-0.39, 0.29) is 16.0 Å². The van der Waals surface area contributed by atoms with Crippen LogP contribution in [0, 0.1) is 11.6 Å². The largest absolute Gasteiger partial charge is 0.478 e. The van der Waals surface area contributed by atoms with Gasteiger partial charge in [0.25, 0.3) is 0 Å². The van der Waals surface area contributed by atoms with Crippen LogP contribution in [0.2, 0.25) is 0 Å². The minimum Gasteiger partial charge on any atom is -0.478 e. The molecule has 2 aromatic rings. The van der Waals surface area contributed by atoms with Crippen molar-refractivity contribution in [3.8, 4) is 11.5 Å². The predicted octanol–water partition coefficient (Wildman–Crippen LogP) is 4.62. The van der Waals surface area contributed by atoms with E-state index >= 15 is 0 Å². The van der Waals surface area contributed by atoms with E-state index in [2.05, 4.69) is 15.9 Å². The van der Waals surface area contributed by atoms with Crippen molar-refractivity contribution in [1.82, 2.24) is 0 Å². The molecule has 3 nitrogen and oxygen atoms in total. The summed E-state index contributed by atoms with van der Waals surface area (Å²) in [7, 11) is 0. The number of ether oxygens (including phenoxy) is 1. The first kappa shape index (κ1) is 15.2. The first-order valence-electron chi connectivity index (χ1n) is 5.79. The van der Waals surface area contributed by atoms with E-state index < -0.39 is 17.6 Å². The first-order valence-corrected chi connectivity index (χ1v) is 6.58. The molecule has 0 radical (unpaired) electrons. The van der Waals surface area contributed by atoms with Crippen LogP contribution in [-0.4, -0.2) is 11.1 Å². The maximum absolute atomic E-state index is 13.8. The molecule has 2 aromatic carbocycles. The van der Waals surface area contributed by atoms with Crippen molar-refractivity contribution in [2.75, 3.05) is 0 Å². The van der Waals surface area contributed by atoms with E-state index in [1.54, 1.807) is 0 Å². The Morgan fingerprint density at radius 3 is 2.52 bits per heavy atom. The monoisotopic (exact) mass is 354 g/mol. The van der Waals surface area contributed by atoms with Crippen LogP contribution in [0.5, 0.6) is 11.5 Å². The lowest BCUT2D eigenvalue weighted by Crippen LogP contribution is -1.91. The minimum atomic E-state index is -1.12. The highest BCUT2D eigenvalue weighted by atomic mass is 79.9. The van der Waals surface area contributed by atoms with Gasteiger partial charge < -0.3 is 9.84 Å². The van der Waals surface area contributed by atoms with E-state index in [0.29, 0.717) is 5.56 Å². The maximum atomic E-state index is 13.8. The van der Waals surface area contributed by atoms with Crippen LogP contribution in [0.3, 0.4) is 0 Å². The Labute approximate surface area is 127 Å². The lowest BCUT2D eigenvalue weighted by Gasteiger charge is -2.08. The van der Waals surface area contributed by atoms with Crippen molar-refractivity contribution < 1.29 is 23.4 Å². The van der Waals surface area contributed by atoms with Gasteiger partial charge >= 0.3 is 5.97 Å². The number of hydrogen-bond acceptors (Lipinski definition) is 2. The Kier molecular flexibility index (Phi) is 4.70. The van der Waals surface area contributed by atoms with Gasteiger partial charge in [-0.15, -0.1) is 0 Å². The molecule has 0 saturated carbocycles. The lowest BCUT2D eigenvalue weighted by atomic mass is 10.2. The Morgan fingerprint density at radius 2 is 1.90 bits per heavy atom. The summed E-state index contributed by atoms with van der Waals surface area (Å²) < 4.78 is 32.5. The molecule has 0 bridgehead atoms. The standard InChI is InChI=1S/C15H9BrF2O3/c16-11-8-10(3-4-12(11)17)21-14-5-1-9(7-13(14)18)2-6-15(19)20/h1-8H,(H,19,20)/b6-2+. The van der Waals surface area contributed by atoms with E-state index in [4.69, 9.17) is 9.84 Å². The zero-order valence-corrected chi connectivity index (χ0v) is 12.1. The molecule has 0 unspecified atom stereocenters. The molecular formula is C15H9BrF2O3. The molecule has 21 heavy (non-hydrogen) atoms. The van der Waals surface area contributed by atoms with Crippen LogP contribution in [0.15, 0.2) is 46.9 Å². The normalized spacial score (nSPS) is 10.8. The first-order chi connectivity index (χ1) is 9.95. The SMILES string of the molecule is O=C(O)/C=C/c1ccc(Oc2ccc(F)c(Br)c2)c(F)c1. The Bertz CT molecular complexity index is 714. The quantitative estimate of drug-likeness (QED) is 0.815. The van der Waals surface area contributed by atoms with Gasteiger partial charge in [-0.25, -0.2) is 13.6 Å². The topological polar surface area (TPSA) is 46.5 Å². The van der Waals surface area contributed by atoms with E-state index in [1.165, 1.54) is 36.4 Å².